The number of nitrogens with one attached hydrogen (secondary N) is 1. The van der Waals surface area contributed by atoms with E-state index in [4.69, 9.17) is 0 Å². The summed E-state index contributed by atoms with van der Waals surface area (Å²) in [7, 11) is -2.31. The first-order valence-corrected chi connectivity index (χ1v) is 11.2. The first-order valence-electron chi connectivity index (χ1n) is 9.76. The molecule has 0 fully saturated rings. The van der Waals surface area contributed by atoms with Gasteiger partial charge in [0, 0.05) is 37.0 Å². The number of amides is 1. The van der Waals surface area contributed by atoms with Crippen molar-refractivity contribution in [1.29, 1.82) is 0 Å². The number of hydrogen-bond acceptors (Lipinski definition) is 5. The number of sulfonamides is 1. The number of nitrogens with zero attached hydrogens (tertiary/aromatic N) is 2. The van der Waals surface area contributed by atoms with Gasteiger partial charge in [0.15, 0.2) is 0 Å². The van der Waals surface area contributed by atoms with Crippen molar-refractivity contribution in [3.05, 3.63) is 99.1 Å². The molecule has 0 bridgehead atoms. The molecule has 0 atom stereocenters. The Morgan fingerprint density at radius 1 is 1.03 bits per heavy atom. The lowest BCUT2D eigenvalue weighted by Gasteiger charge is -2.19. The van der Waals surface area contributed by atoms with Crippen molar-refractivity contribution in [2.24, 2.45) is 0 Å². The summed E-state index contributed by atoms with van der Waals surface area (Å²) in [6.07, 6.45) is 0. The number of aryl methyl sites for hydroxylation is 2. The number of nitro groups is 1. The minimum atomic E-state index is -4.02. The van der Waals surface area contributed by atoms with E-state index in [0.29, 0.717) is 12.1 Å². The Bertz CT molecular complexity index is 1270. The van der Waals surface area contributed by atoms with Crippen LogP contribution >= 0.6 is 0 Å². The largest absolute Gasteiger partial charge is 0.337 e. The fourth-order valence-electron chi connectivity index (χ4n) is 3.23. The van der Waals surface area contributed by atoms with Crippen LogP contribution < -0.4 is 4.72 Å². The quantitative estimate of drug-likeness (QED) is 0.424. The fourth-order valence-corrected chi connectivity index (χ4v) is 4.33. The Kier molecular flexibility index (Phi) is 6.59. The van der Waals surface area contributed by atoms with Gasteiger partial charge in [-0.15, -0.1) is 0 Å². The van der Waals surface area contributed by atoms with Gasteiger partial charge in [0.05, 0.1) is 9.82 Å². The maximum atomic E-state index is 12.8. The highest BCUT2D eigenvalue weighted by molar-refractivity contribution is 7.92. The summed E-state index contributed by atoms with van der Waals surface area (Å²) in [5, 5.41) is 10.9. The maximum Gasteiger partial charge on any atom is 0.270 e. The molecule has 9 heteroatoms. The zero-order valence-corrected chi connectivity index (χ0v) is 18.7. The van der Waals surface area contributed by atoms with Crippen molar-refractivity contribution in [3.8, 4) is 0 Å². The van der Waals surface area contributed by atoms with Gasteiger partial charge in [0.2, 0.25) is 0 Å². The molecule has 3 aromatic carbocycles. The van der Waals surface area contributed by atoms with Gasteiger partial charge in [0.25, 0.3) is 21.6 Å². The molecule has 0 aliphatic rings. The first kappa shape index (κ1) is 23.0. The van der Waals surface area contributed by atoms with E-state index in [0.717, 1.165) is 22.8 Å². The highest BCUT2D eigenvalue weighted by atomic mass is 32.2. The SMILES string of the molecule is Cc1ccc(CN(C)C(=O)c2ccc(NS(=O)(=O)c3cccc([N+](=O)[O-])c3)cc2)c(C)c1. The predicted octanol–water partition coefficient (Wildman–Crippen LogP) is 4.28. The van der Waals surface area contributed by atoms with E-state index in [1.807, 2.05) is 26.0 Å². The van der Waals surface area contributed by atoms with Gasteiger partial charge < -0.3 is 4.90 Å². The second-order valence-electron chi connectivity index (χ2n) is 7.53. The molecule has 0 aromatic heterocycles. The molecule has 0 unspecified atom stereocenters. The first-order chi connectivity index (χ1) is 15.1. The third kappa shape index (κ3) is 5.30. The lowest BCUT2D eigenvalue weighted by Crippen LogP contribution is -2.26. The molecule has 8 nitrogen and oxygen atoms in total. The molecule has 1 N–H and O–H groups in total. The number of carbonyl (C=O) groups excluding carboxylic acids is 1. The summed E-state index contributed by atoms with van der Waals surface area (Å²) in [6.45, 7) is 4.47. The van der Waals surface area contributed by atoms with E-state index < -0.39 is 14.9 Å². The molecule has 0 heterocycles. The molecular formula is C23H23N3O5S. The third-order valence-electron chi connectivity index (χ3n) is 4.98. The normalized spacial score (nSPS) is 11.1. The molecule has 3 rings (SSSR count). The number of rotatable bonds is 7. The zero-order valence-electron chi connectivity index (χ0n) is 17.9. The Morgan fingerprint density at radius 2 is 1.72 bits per heavy atom. The number of benzene rings is 3. The minimum Gasteiger partial charge on any atom is -0.337 e. The van der Waals surface area contributed by atoms with Gasteiger partial charge in [-0.05, 0) is 55.3 Å². The Balaban J connectivity index is 1.72. The molecule has 32 heavy (non-hydrogen) atoms. The van der Waals surface area contributed by atoms with Crippen LogP contribution in [0.3, 0.4) is 0 Å². The van der Waals surface area contributed by atoms with Gasteiger partial charge in [-0.25, -0.2) is 8.42 Å². The maximum absolute atomic E-state index is 12.8. The van der Waals surface area contributed by atoms with Crippen LogP contribution in [0.1, 0.15) is 27.0 Å². The zero-order chi connectivity index (χ0) is 23.5. The molecule has 0 saturated carbocycles. The summed E-state index contributed by atoms with van der Waals surface area (Å²) < 4.78 is 27.5. The fraction of sp³-hybridized carbons (Fsp3) is 0.174. The topological polar surface area (TPSA) is 110 Å². The smallest absolute Gasteiger partial charge is 0.270 e. The molecule has 1 amide bonds. The Hall–Kier alpha value is -3.72. The molecule has 0 spiro atoms. The van der Waals surface area contributed by atoms with Gasteiger partial charge >= 0.3 is 0 Å². The second-order valence-corrected chi connectivity index (χ2v) is 9.21. The Morgan fingerprint density at radius 3 is 2.34 bits per heavy atom. The average molecular weight is 454 g/mol. The molecule has 0 radical (unpaired) electrons. The highest BCUT2D eigenvalue weighted by Gasteiger charge is 2.18. The number of carbonyl (C=O) groups is 1. The molecular weight excluding hydrogens is 430 g/mol. The van der Waals surface area contributed by atoms with E-state index in [-0.39, 0.29) is 22.2 Å². The van der Waals surface area contributed by atoms with Crippen molar-refractivity contribution in [1.82, 2.24) is 4.90 Å². The molecule has 166 valence electrons. The molecule has 0 saturated heterocycles. The van der Waals surface area contributed by atoms with Crippen LogP contribution in [0, 0.1) is 24.0 Å². The average Bonchev–Trinajstić information content (AvgIpc) is 2.75. The summed E-state index contributed by atoms with van der Waals surface area (Å²) in [5.74, 6) is -0.196. The number of hydrogen-bond donors (Lipinski definition) is 1. The minimum absolute atomic E-state index is 0.196. The van der Waals surface area contributed by atoms with Crippen LogP contribution in [-0.4, -0.2) is 31.2 Å². The van der Waals surface area contributed by atoms with E-state index >= 15 is 0 Å². The highest BCUT2D eigenvalue weighted by Crippen LogP contribution is 2.21. The molecule has 0 aliphatic heterocycles. The standard InChI is InChI=1S/C23H23N3O5S/c1-16-7-8-19(17(2)13-16)15-25(3)23(27)18-9-11-20(12-10-18)24-32(30,31)22-6-4-5-21(14-22)26(28)29/h4-14,24H,15H2,1-3H3. The van der Waals surface area contributed by atoms with Crippen molar-refractivity contribution >= 4 is 27.3 Å². The van der Waals surface area contributed by atoms with E-state index in [1.165, 1.54) is 42.5 Å². The van der Waals surface area contributed by atoms with Gasteiger partial charge in [0.1, 0.15) is 0 Å². The van der Waals surface area contributed by atoms with Crippen molar-refractivity contribution in [2.75, 3.05) is 11.8 Å². The van der Waals surface area contributed by atoms with Gasteiger partial charge in [-0.3, -0.25) is 19.6 Å². The third-order valence-corrected chi connectivity index (χ3v) is 6.35. The van der Waals surface area contributed by atoms with E-state index in [1.54, 1.807) is 11.9 Å². The van der Waals surface area contributed by atoms with E-state index in [2.05, 4.69) is 10.8 Å². The van der Waals surface area contributed by atoms with E-state index in [9.17, 15) is 23.3 Å². The van der Waals surface area contributed by atoms with Crippen molar-refractivity contribution in [3.63, 3.8) is 0 Å². The summed E-state index contributed by atoms with van der Waals surface area (Å²) >= 11 is 0. The van der Waals surface area contributed by atoms with Crippen LogP contribution in [0.2, 0.25) is 0 Å². The Labute approximate surface area is 186 Å². The summed E-state index contributed by atoms with van der Waals surface area (Å²) in [4.78, 5) is 24.4. The van der Waals surface area contributed by atoms with Crippen LogP contribution in [0.25, 0.3) is 0 Å². The van der Waals surface area contributed by atoms with Crippen LogP contribution in [-0.2, 0) is 16.6 Å². The summed E-state index contributed by atoms with van der Waals surface area (Å²) in [6, 6.07) is 16.9. The lowest BCUT2D eigenvalue weighted by molar-refractivity contribution is -0.385. The molecule has 3 aromatic rings. The molecule has 0 aliphatic carbocycles. The van der Waals surface area contributed by atoms with Crippen LogP contribution in [0.15, 0.2) is 71.6 Å². The number of anilines is 1. The van der Waals surface area contributed by atoms with Crippen LogP contribution in [0.4, 0.5) is 11.4 Å². The lowest BCUT2D eigenvalue weighted by atomic mass is 10.1. The predicted molar refractivity (Wildman–Crippen MR) is 122 cm³/mol. The number of non-ortho nitro benzene ring substituents is 1. The van der Waals surface area contributed by atoms with Crippen molar-refractivity contribution in [2.45, 2.75) is 25.3 Å². The number of nitro benzene ring substituents is 1. The second kappa shape index (κ2) is 9.19. The van der Waals surface area contributed by atoms with Crippen LogP contribution in [0.5, 0.6) is 0 Å². The van der Waals surface area contributed by atoms with Crippen molar-refractivity contribution < 1.29 is 18.1 Å². The van der Waals surface area contributed by atoms with Gasteiger partial charge in [-0.2, -0.15) is 0 Å². The van der Waals surface area contributed by atoms with Gasteiger partial charge in [-0.1, -0.05) is 29.8 Å². The monoisotopic (exact) mass is 453 g/mol. The summed E-state index contributed by atoms with van der Waals surface area (Å²) in [5.41, 5.74) is 3.65.